The molecule has 0 unspecified atom stereocenters. The van der Waals surface area contributed by atoms with Crippen molar-refractivity contribution in [1.82, 2.24) is 0 Å². The van der Waals surface area contributed by atoms with Gasteiger partial charge in [0.25, 0.3) is 0 Å². The highest BCUT2D eigenvalue weighted by atomic mass is 35.5. The highest BCUT2D eigenvalue weighted by Crippen LogP contribution is 2.21. The summed E-state index contributed by atoms with van der Waals surface area (Å²) in [6.45, 7) is 3.95. The quantitative estimate of drug-likeness (QED) is 0.456. The molecule has 1 rings (SSSR count). The van der Waals surface area contributed by atoms with Gasteiger partial charge in [-0.05, 0) is 37.1 Å². The third-order valence-corrected chi connectivity index (χ3v) is 2.47. The van der Waals surface area contributed by atoms with Crippen molar-refractivity contribution in [2.24, 2.45) is 0 Å². The molecule has 0 fully saturated rings. The highest BCUT2D eigenvalue weighted by molar-refractivity contribution is 6.32. The van der Waals surface area contributed by atoms with Crippen molar-refractivity contribution in [1.29, 1.82) is 0 Å². The molecule has 0 heterocycles. The van der Waals surface area contributed by atoms with Gasteiger partial charge in [-0.15, -0.1) is 11.6 Å². The minimum absolute atomic E-state index is 0.362. The predicted molar refractivity (Wildman–Crippen MR) is 58.5 cm³/mol. The molecule has 0 atom stereocenters. The maximum Gasteiger partial charge on any atom is 0.0839 e. The smallest absolute Gasteiger partial charge is 0.0839 e. The lowest BCUT2D eigenvalue weighted by Crippen LogP contribution is -1.84. The summed E-state index contributed by atoms with van der Waals surface area (Å²) in [4.78, 5) is 0. The van der Waals surface area contributed by atoms with Crippen LogP contribution in [0.1, 0.15) is 16.7 Å². The Hall–Kier alpha value is -0.640. The summed E-state index contributed by atoms with van der Waals surface area (Å²) in [6, 6.07) is 3.93. The number of aryl methyl sites for hydroxylation is 2. The third-order valence-electron chi connectivity index (χ3n) is 1.74. The van der Waals surface area contributed by atoms with E-state index < -0.39 is 0 Å². The van der Waals surface area contributed by atoms with Crippen molar-refractivity contribution in [3.05, 3.63) is 33.8 Å². The average molecular weight is 213 g/mol. The standard InChI is InChI=1S/C11H10Cl2/c1-8-6-10(4-3-5-12)7-9(2)11(8)13/h6-7H,5H2,1-2H3. The molecule has 0 N–H and O–H groups in total. The Labute approximate surface area is 88.9 Å². The van der Waals surface area contributed by atoms with Crippen molar-refractivity contribution >= 4 is 23.2 Å². The Morgan fingerprint density at radius 1 is 1.23 bits per heavy atom. The molecule has 0 bridgehead atoms. The summed E-state index contributed by atoms with van der Waals surface area (Å²) >= 11 is 11.5. The number of hydrogen-bond acceptors (Lipinski definition) is 0. The predicted octanol–water partition coefficient (Wildman–Crippen LogP) is 3.55. The van der Waals surface area contributed by atoms with Crippen LogP contribution in [0, 0.1) is 25.7 Å². The number of halogens is 2. The van der Waals surface area contributed by atoms with Crippen molar-refractivity contribution in [3.63, 3.8) is 0 Å². The van der Waals surface area contributed by atoms with Crippen LogP contribution in [-0.2, 0) is 0 Å². The lowest BCUT2D eigenvalue weighted by Gasteiger charge is -2.02. The van der Waals surface area contributed by atoms with Gasteiger partial charge in [-0.1, -0.05) is 23.4 Å². The Morgan fingerprint density at radius 3 is 2.23 bits per heavy atom. The van der Waals surface area contributed by atoms with Gasteiger partial charge in [0, 0.05) is 10.6 Å². The molecule has 2 heteroatoms. The molecule has 0 saturated carbocycles. The lowest BCUT2D eigenvalue weighted by molar-refractivity contribution is 1.37. The maximum absolute atomic E-state index is 6.01. The molecule has 1 aromatic rings. The second-order valence-corrected chi connectivity index (χ2v) is 3.50. The molecule has 0 radical (unpaired) electrons. The molecule has 0 aliphatic heterocycles. The molecule has 0 saturated heterocycles. The van der Waals surface area contributed by atoms with Crippen molar-refractivity contribution in [2.45, 2.75) is 13.8 Å². The first kappa shape index (κ1) is 10.4. The van der Waals surface area contributed by atoms with Crippen LogP contribution in [0.4, 0.5) is 0 Å². The number of hydrogen-bond donors (Lipinski definition) is 0. The molecule has 1 aromatic carbocycles. The third kappa shape index (κ3) is 2.66. The van der Waals surface area contributed by atoms with Crippen LogP contribution in [0.3, 0.4) is 0 Å². The fourth-order valence-electron chi connectivity index (χ4n) is 1.15. The van der Waals surface area contributed by atoms with Crippen molar-refractivity contribution < 1.29 is 0 Å². The Morgan fingerprint density at radius 2 is 1.77 bits per heavy atom. The van der Waals surface area contributed by atoms with E-state index >= 15 is 0 Å². The van der Waals surface area contributed by atoms with Gasteiger partial charge in [0.2, 0.25) is 0 Å². The number of benzene rings is 1. The van der Waals surface area contributed by atoms with Crippen LogP contribution in [0.5, 0.6) is 0 Å². The second-order valence-electron chi connectivity index (χ2n) is 2.86. The second kappa shape index (κ2) is 4.56. The van der Waals surface area contributed by atoms with Crippen LogP contribution in [0.25, 0.3) is 0 Å². The zero-order valence-electron chi connectivity index (χ0n) is 7.62. The van der Waals surface area contributed by atoms with Gasteiger partial charge in [-0.3, -0.25) is 0 Å². The van der Waals surface area contributed by atoms with Gasteiger partial charge in [0.05, 0.1) is 5.88 Å². The van der Waals surface area contributed by atoms with E-state index in [0.717, 1.165) is 21.7 Å². The van der Waals surface area contributed by atoms with Gasteiger partial charge in [0.1, 0.15) is 0 Å². The molecular formula is C11H10Cl2. The zero-order chi connectivity index (χ0) is 9.84. The highest BCUT2D eigenvalue weighted by Gasteiger charge is 2.00. The summed E-state index contributed by atoms with van der Waals surface area (Å²) < 4.78 is 0. The van der Waals surface area contributed by atoms with E-state index in [4.69, 9.17) is 23.2 Å². The van der Waals surface area contributed by atoms with Crippen LogP contribution < -0.4 is 0 Å². The fraction of sp³-hybridized carbons (Fsp3) is 0.273. The van der Waals surface area contributed by atoms with Gasteiger partial charge in [0.15, 0.2) is 0 Å². The first-order chi connectivity index (χ1) is 6.15. The maximum atomic E-state index is 6.01. The summed E-state index contributed by atoms with van der Waals surface area (Å²) in [5, 5.41) is 0.816. The zero-order valence-corrected chi connectivity index (χ0v) is 9.13. The molecule has 0 spiro atoms. The minimum Gasteiger partial charge on any atom is -0.113 e. The molecule has 0 amide bonds. The SMILES string of the molecule is Cc1cc(C#CCCl)cc(C)c1Cl. The van der Waals surface area contributed by atoms with Crippen LogP contribution >= 0.6 is 23.2 Å². The van der Waals surface area contributed by atoms with E-state index in [1.165, 1.54) is 0 Å². The minimum atomic E-state index is 0.362. The van der Waals surface area contributed by atoms with Gasteiger partial charge < -0.3 is 0 Å². The van der Waals surface area contributed by atoms with Gasteiger partial charge in [-0.25, -0.2) is 0 Å². The first-order valence-corrected chi connectivity index (χ1v) is 4.88. The molecule has 68 valence electrons. The Kier molecular flexibility index (Phi) is 3.66. The summed E-state index contributed by atoms with van der Waals surface area (Å²) in [5.74, 6) is 6.14. The number of alkyl halides is 1. The monoisotopic (exact) mass is 212 g/mol. The Bertz CT molecular complexity index is 346. The first-order valence-electron chi connectivity index (χ1n) is 3.96. The van der Waals surface area contributed by atoms with E-state index in [0.29, 0.717) is 5.88 Å². The molecular weight excluding hydrogens is 203 g/mol. The Balaban J connectivity index is 3.13. The van der Waals surface area contributed by atoms with Crippen LogP contribution in [0.15, 0.2) is 12.1 Å². The van der Waals surface area contributed by atoms with Gasteiger partial charge >= 0.3 is 0 Å². The molecule has 13 heavy (non-hydrogen) atoms. The normalized spacial score (nSPS) is 9.23. The lowest BCUT2D eigenvalue weighted by atomic mass is 10.1. The fourth-order valence-corrected chi connectivity index (χ4v) is 1.33. The molecule has 0 aliphatic rings. The summed E-state index contributed by atoms with van der Waals surface area (Å²) in [5.41, 5.74) is 3.08. The summed E-state index contributed by atoms with van der Waals surface area (Å²) in [7, 11) is 0. The van der Waals surface area contributed by atoms with E-state index in [1.54, 1.807) is 0 Å². The topological polar surface area (TPSA) is 0 Å². The number of rotatable bonds is 0. The van der Waals surface area contributed by atoms with Gasteiger partial charge in [-0.2, -0.15) is 0 Å². The summed E-state index contributed by atoms with van der Waals surface area (Å²) in [6.07, 6.45) is 0. The molecule has 0 aliphatic carbocycles. The average Bonchev–Trinajstić information content (AvgIpc) is 2.10. The largest absolute Gasteiger partial charge is 0.113 e. The van der Waals surface area contributed by atoms with Crippen molar-refractivity contribution in [3.8, 4) is 11.8 Å². The van der Waals surface area contributed by atoms with E-state index in [2.05, 4.69) is 11.8 Å². The van der Waals surface area contributed by atoms with E-state index in [9.17, 15) is 0 Å². The molecule has 0 aromatic heterocycles. The van der Waals surface area contributed by atoms with E-state index in [-0.39, 0.29) is 0 Å². The van der Waals surface area contributed by atoms with Crippen molar-refractivity contribution in [2.75, 3.05) is 5.88 Å². The molecule has 0 nitrogen and oxygen atoms in total. The van der Waals surface area contributed by atoms with Crippen LogP contribution in [-0.4, -0.2) is 5.88 Å². The van der Waals surface area contributed by atoms with E-state index in [1.807, 2.05) is 26.0 Å². The van der Waals surface area contributed by atoms with Crippen LogP contribution in [0.2, 0.25) is 5.02 Å².